The maximum atomic E-state index is 12.6. The lowest BCUT2D eigenvalue weighted by Crippen LogP contribution is -2.44. The number of carbonyl (C=O) groups excluding carboxylic acids is 1. The molecule has 0 amide bonds. The first-order valence-corrected chi connectivity index (χ1v) is 6.65. The van der Waals surface area contributed by atoms with Gasteiger partial charge in [0.1, 0.15) is 24.6 Å². The summed E-state index contributed by atoms with van der Waals surface area (Å²) in [7, 11) is 0. The van der Waals surface area contributed by atoms with Gasteiger partial charge in [0.15, 0.2) is 5.78 Å². The Morgan fingerprint density at radius 3 is 2.60 bits per heavy atom. The van der Waals surface area contributed by atoms with Gasteiger partial charge < -0.3 is 14.6 Å². The van der Waals surface area contributed by atoms with Crippen molar-refractivity contribution in [2.75, 3.05) is 13.2 Å². The van der Waals surface area contributed by atoms with Crippen LogP contribution in [0.1, 0.15) is 25.5 Å². The van der Waals surface area contributed by atoms with Crippen molar-refractivity contribution in [3.05, 3.63) is 48.2 Å². The van der Waals surface area contributed by atoms with E-state index in [-0.39, 0.29) is 12.4 Å². The summed E-state index contributed by atoms with van der Waals surface area (Å²) in [6, 6.07) is 9.05. The highest BCUT2D eigenvalue weighted by Gasteiger charge is 2.42. The topological polar surface area (TPSA) is 55.8 Å². The van der Waals surface area contributed by atoms with Crippen LogP contribution in [0.2, 0.25) is 0 Å². The number of Topliss-reactive ketones (excluding diaryl/α,β-unsaturated/α-hetero) is 1. The molecule has 1 aromatic carbocycles. The smallest absolute Gasteiger partial charge is 0.177 e. The third-order valence-electron chi connectivity index (χ3n) is 3.66. The van der Waals surface area contributed by atoms with Crippen molar-refractivity contribution in [1.82, 2.24) is 0 Å². The van der Waals surface area contributed by atoms with Crippen LogP contribution in [0.15, 0.2) is 42.7 Å². The zero-order valence-electron chi connectivity index (χ0n) is 11.8. The zero-order chi connectivity index (χ0) is 14.8. The quantitative estimate of drug-likeness (QED) is 0.900. The summed E-state index contributed by atoms with van der Waals surface area (Å²) in [5.41, 5.74) is -0.227. The molecule has 1 fully saturated rings. The molecule has 20 heavy (non-hydrogen) atoms. The van der Waals surface area contributed by atoms with Crippen LogP contribution in [-0.4, -0.2) is 30.2 Å². The Morgan fingerprint density at radius 1 is 1.30 bits per heavy atom. The number of benzene rings is 1. The van der Waals surface area contributed by atoms with Crippen molar-refractivity contribution >= 4 is 5.78 Å². The molecule has 0 spiro atoms. The lowest BCUT2D eigenvalue weighted by atomic mass is 9.81. The second kappa shape index (κ2) is 5.77. The van der Waals surface area contributed by atoms with Crippen molar-refractivity contribution in [3.8, 4) is 0 Å². The number of hydrogen-bond donors (Lipinski definition) is 1. The first kappa shape index (κ1) is 14.8. The molecular formula is C16H20O4. The van der Waals surface area contributed by atoms with E-state index < -0.39 is 17.6 Å². The number of ether oxygens (including phenoxy) is 2. The van der Waals surface area contributed by atoms with Gasteiger partial charge in [0, 0.05) is 0 Å². The predicted octanol–water partition coefficient (Wildman–Crippen LogP) is 2.24. The van der Waals surface area contributed by atoms with Gasteiger partial charge in [0.05, 0.1) is 12.0 Å². The maximum absolute atomic E-state index is 12.6. The normalized spacial score (nSPS) is 24.4. The Kier molecular flexibility index (Phi) is 4.26. The molecule has 0 saturated carbocycles. The molecule has 1 aliphatic rings. The Labute approximate surface area is 119 Å². The molecule has 2 rings (SSSR count). The van der Waals surface area contributed by atoms with Gasteiger partial charge in [-0.05, 0) is 19.4 Å². The molecule has 0 radical (unpaired) electrons. The standard InChI is InChI=1S/C16H20O4/c1-11-16(2,3)15(18)14(20-10-9-19-11)13(17)12-7-5-4-6-8-12/h4-8,13-14,17H,1,9-10H2,2-3H3. The number of rotatable bonds is 2. The molecule has 4 heteroatoms. The summed E-state index contributed by atoms with van der Waals surface area (Å²) < 4.78 is 10.9. The minimum absolute atomic E-state index is 0.224. The lowest BCUT2D eigenvalue weighted by Gasteiger charge is -2.34. The molecule has 1 heterocycles. The van der Waals surface area contributed by atoms with Gasteiger partial charge >= 0.3 is 0 Å². The lowest BCUT2D eigenvalue weighted by molar-refractivity contribution is -0.153. The van der Waals surface area contributed by atoms with Crippen molar-refractivity contribution in [2.24, 2.45) is 5.41 Å². The van der Waals surface area contributed by atoms with Crippen molar-refractivity contribution in [3.63, 3.8) is 0 Å². The molecule has 4 nitrogen and oxygen atoms in total. The Hall–Kier alpha value is -1.65. The monoisotopic (exact) mass is 276 g/mol. The summed E-state index contributed by atoms with van der Waals surface area (Å²) in [4.78, 5) is 12.6. The minimum Gasteiger partial charge on any atom is -0.495 e. The van der Waals surface area contributed by atoms with Gasteiger partial charge in [-0.25, -0.2) is 0 Å². The second-order valence-corrected chi connectivity index (χ2v) is 5.41. The van der Waals surface area contributed by atoms with Crippen LogP contribution in [0.25, 0.3) is 0 Å². The van der Waals surface area contributed by atoms with E-state index in [4.69, 9.17) is 9.47 Å². The highest BCUT2D eigenvalue weighted by molar-refractivity contribution is 5.91. The van der Waals surface area contributed by atoms with Crippen LogP contribution in [0.4, 0.5) is 0 Å². The van der Waals surface area contributed by atoms with Crippen molar-refractivity contribution < 1.29 is 19.4 Å². The van der Waals surface area contributed by atoms with E-state index in [1.54, 1.807) is 26.0 Å². The van der Waals surface area contributed by atoms with E-state index in [0.717, 1.165) is 0 Å². The van der Waals surface area contributed by atoms with Crippen LogP contribution in [-0.2, 0) is 14.3 Å². The van der Waals surface area contributed by atoms with Gasteiger partial charge in [-0.3, -0.25) is 4.79 Å². The SMILES string of the molecule is C=C1OCCOC(C(O)c2ccccc2)C(=O)C1(C)C. The fraction of sp³-hybridized carbons (Fsp3) is 0.438. The highest BCUT2D eigenvalue weighted by Crippen LogP contribution is 2.34. The molecule has 2 atom stereocenters. The molecule has 1 N–H and O–H groups in total. The first-order chi connectivity index (χ1) is 9.44. The van der Waals surface area contributed by atoms with Gasteiger partial charge in [0.2, 0.25) is 0 Å². The molecule has 1 saturated heterocycles. The summed E-state index contributed by atoms with van der Waals surface area (Å²) >= 11 is 0. The van der Waals surface area contributed by atoms with Gasteiger partial charge in [-0.2, -0.15) is 0 Å². The third kappa shape index (κ3) is 2.76. The number of carbonyl (C=O) groups is 1. The zero-order valence-corrected chi connectivity index (χ0v) is 11.8. The van der Waals surface area contributed by atoms with E-state index in [9.17, 15) is 9.90 Å². The molecule has 108 valence electrons. The van der Waals surface area contributed by atoms with Crippen LogP contribution >= 0.6 is 0 Å². The molecule has 2 unspecified atom stereocenters. The number of hydrogen-bond acceptors (Lipinski definition) is 4. The largest absolute Gasteiger partial charge is 0.495 e. The Morgan fingerprint density at radius 2 is 1.95 bits per heavy atom. The highest BCUT2D eigenvalue weighted by atomic mass is 16.5. The number of aliphatic hydroxyl groups excluding tert-OH is 1. The summed E-state index contributed by atoms with van der Waals surface area (Å²) in [5, 5.41) is 10.4. The van der Waals surface area contributed by atoms with E-state index in [0.29, 0.717) is 17.9 Å². The van der Waals surface area contributed by atoms with E-state index in [2.05, 4.69) is 6.58 Å². The number of allylic oxidation sites excluding steroid dienone is 1. The minimum atomic E-state index is -0.992. The predicted molar refractivity (Wildman–Crippen MR) is 75.0 cm³/mol. The van der Waals surface area contributed by atoms with Gasteiger partial charge in [-0.1, -0.05) is 36.9 Å². The number of aliphatic hydroxyl groups is 1. The molecular weight excluding hydrogens is 256 g/mol. The van der Waals surface area contributed by atoms with E-state index >= 15 is 0 Å². The molecule has 0 bridgehead atoms. The fourth-order valence-electron chi connectivity index (χ4n) is 2.15. The summed E-state index contributed by atoms with van der Waals surface area (Å²) in [6.07, 6.45) is -1.90. The summed E-state index contributed by atoms with van der Waals surface area (Å²) in [6.45, 7) is 7.84. The van der Waals surface area contributed by atoms with Crippen LogP contribution in [0.5, 0.6) is 0 Å². The van der Waals surface area contributed by atoms with Crippen LogP contribution in [0.3, 0.4) is 0 Å². The molecule has 1 aliphatic heterocycles. The number of ketones is 1. The summed E-state index contributed by atoms with van der Waals surface area (Å²) in [5.74, 6) is 0.189. The van der Waals surface area contributed by atoms with E-state index in [1.165, 1.54) is 0 Å². The van der Waals surface area contributed by atoms with Crippen LogP contribution in [0, 0.1) is 5.41 Å². The molecule has 1 aromatic rings. The average Bonchev–Trinajstić information content (AvgIpc) is 2.45. The first-order valence-electron chi connectivity index (χ1n) is 6.65. The second-order valence-electron chi connectivity index (χ2n) is 5.41. The van der Waals surface area contributed by atoms with Gasteiger partial charge in [0.25, 0.3) is 0 Å². The van der Waals surface area contributed by atoms with E-state index in [1.807, 2.05) is 18.2 Å². The third-order valence-corrected chi connectivity index (χ3v) is 3.66. The van der Waals surface area contributed by atoms with Crippen LogP contribution < -0.4 is 0 Å². The van der Waals surface area contributed by atoms with Crippen molar-refractivity contribution in [1.29, 1.82) is 0 Å². The maximum Gasteiger partial charge on any atom is 0.177 e. The van der Waals surface area contributed by atoms with Crippen molar-refractivity contribution in [2.45, 2.75) is 26.1 Å². The Bertz CT molecular complexity index is 492. The fourth-order valence-corrected chi connectivity index (χ4v) is 2.15. The van der Waals surface area contributed by atoms with Gasteiger partial charge in [-0.15, -0.1) is 0 Å². The Balaban J connectivity index is 2.29. The molecule has 0 aromatic heterocycles. The average molecular weight is 276 g/mol. The molecule has 0 aliphatic carbocycles.